The van der Waals surface area contributed by atoms with Crippen LogP contribution in [0.2, 0.25) is 0 Å². The molecule has 0 amide bonds. The van der Waals surface area contributed by atoms with Crippen LogP contribution in [0, 0.1) is 6.92 Å². The van der Waals surface area contributed by atoms with E-state index in [-0.39, 0.29) is 0 Å². The first-order valence-electron chi connectivity index (χ1n) is 8.75. The maximum Gasteiger partial charge on any atom is 0.343 e. The molecule has 0 bridgehead atoms. The van der Waals surface area contributed by atoms with Crippen LogP contribution in [0.25, 0.3) is 0 Å². The van der Waals surface area contributed by atoms with Gasteiger partial charge in [-0.1, -0.05) is 51.8 Å². The number of carbonyl (C=O) groups excluding carboxylic acids is 1. The number of nitrogens with one attached hydrogen (secondary N) is 2. The molecule has 146 valence electrons. The maximum atomic E-state index is 12.5. The van der Waals surface area contributed by atoms with Gasteiger partial charge in [-0.3, -0.25) is 5.43 Å². The van der Waals surface area contributed by atoms with Gasteiger partial charge in [0.25, 0.3) is 0 Å². The highest BCUT2D eigenvalue weighted by Gasteiger charge is 2.11. The van der Waals surface area contributed by atoms with Gasteiger partial charge in [0.1, 0.15) is 5.75 Å². The Hall–Kier alpha value is -3.03. The second kappa shape index (κ2) is 9.95. The van der Waals surface area contributed by atoms with E-state index in [0.29, 0.717) is 22.0 Å². The summed E-state index contributed by atoms with van der Waals surface area (Å²) >= 11 is 8.65. The van der Waals surface area contributed by atoms with E-state index >= 15 is 0 Å². The predicted octanol–water partition coefficient (Wildman–Crippen LogP) is 5.30. The van der Waals surface area contributed by atoms with E-state index in [0.717, 1.165) is 15.7 Å². The number of nitrogens with zero attached hydrogens (tertiary/aromatic N) is 1. The zero-order chi connectivity index (χ0) is 20.6. The fraction of sp³-hybridized carbons (Fsp3) is 0.0455. The molecular weight excluding hydrogens is 450 g/mol. The number of ether oxygens (including phenoxy) is 1. The summed E-state index contributed by atoms with van der Waals surface area (Å²) < 4.78 is 6.40. The Kier molecular flexibility index (Phi) is 7.10. The molecule has 7 heteroatoms. The Morgan fingerprint density at radius 2 is 1.86 bits per heavy atom. The lowest BCUT2D eigenvalue weighted by atomic mass is 10.1. The quantitative estimate of drug-likeness (QED) is 0.175. The third kappa shape index (κ3) is 6.23. The minimum Gasteiger partial charge on any atom is -0.422 e. The van der Waals surface area contributed by atoms with Crippen LogP contribution >= 0.6 is 28.1 Å². The maximum absolute atomic E-state index is 12.5. The smallest absolute Gasteiger partial charge is 0.343 e. The summed E-state index contributed by atoms with van der Waals surface area (Å²) in [7, 11) is 0. The fourth-order valence-corrected chi connectivity index (χ4v) is 3.03. The highest BCUT2D eigenvalue weighted by Crippen LogP contribution is 2.23. The SMILES string of the molecule is Cc1cccc(C(=O)Oc2ccc(Br)cc2/C=N\NC(=S)Nc2ccccc2)c1. The molecule has 0 aliphatic heterocycles. The topological polar surface area (TPSA) is 62.7 Å². The van der Waals surface area contributed by atoms with E-state index in [1.165, 1.54) is 0 Å². The lowest BCUT2D eigenvalue weighted by Gasteiger charge is -2.09. The van der Waals surface area contributed by atoms with Crippen LogP contribution < -0.4 is 15.5 Å². The zero-order valence-electron chi connectivity index (χ0n) is 15.6. The summed E-state index contributed by atoms with van der Waals surface area (Å²) in [6, 6.07) is 22.1. The second-order valence-corrected chi connectivity index (χ2v) is 7.46. The molecule has 0 aromatic heterocycles. The van der Waals surface area contributed by atoms with Gasteiger partial charge in [0, 0.05) is 15.7 Å². The summed E-state index contributed by atoms with van der Waals surface area (Å²) in [5.41, 5.74) is 5.71. The van der Waals surface area contributed by atoms with Gasteiger partial charge in [-0.05, 0) is 61.6 Å². The standard InChI is InChI=1S/C22H18BrN3O2S/c1-15-6-5-7-16(12-15)21(27)28-20-11-10-18(23)13-17(20)14-24-26-22(29)25-19-8-3-2-4-9-19/h2-14H,1H3,(H2,25,26,29)/b24-14-. The van der Waals surface area contributed by atoms with Gasteiger partial charge < -0.3 is 10.1 Å². The Morgan fingerprint density at radius 1 is 1.07 bits per heavy atom. The van der Waals surface area contributed by atoms with Crippen molar-refractivity contribution in [2.75, 3.05) is 5.32 Å². The van der Waals surface area contributed by atoms with E-state index in [2.05, 4.69) is 31.8 Å². The molecule has 0 atom stereocenters. The fourth-order valence-electron chi connectivity index (χ4n) is 2.48. The van der Waals surface area contributed by atoms with Gasteiger partial charge in [0.2, 0.25) is 0 Å². The molecule has 5 nitrogen and oxygen atoms in total. The molecule has 3 aromatic rings. The number of carbonyl (C=O) groups is 1. The van der Waals surface area contributed by atoms with E-state index in [9.17, 15) is 4.79 Å². The van der Waals surface area contributed by atoms with Gasteiger partial charge >= 0.3 is 5.97 Å². The molecule has 0 aliphatic rings. The van der Waals surface area contributed by atoms with Crippen molar-refractivity contribution in [3.8, 4) is 5.75 Å². The lowest BCUT2D eigenvalue weighted by molar-refractivity contribution is 0.0734. The summed E-state index contributed by atoms with van der Waals surface area (Å²) in [4.78, 5) is 12.5. The number of rotatable bonds is 5. The summed E-state index contributed by atoms with van der Waals surface area (Å²) in [5.74, 6) is -0.0351. The number of aryl methyl sites for hydroxylation is 1. The predicted molar refractivity (Wildman–Crippen MR) is 124 cm³/mol. The number of anilines is 1. The molecule has 0 fully saturated rings. The molecular formula is C22H18BrN3O2S. The van der Waals surface area contributed by atoms with Crippen LogP contribution in [0.15, 0.2) is 82.4 Å². The first kappa shape index (κ1) is 20.7. The van der Waals surface area contributed by atoms with E-state index in [4.69, 9.17) is 17.0 Å². The van der Waals surface area contributed by atoms with Gasteiger partial charge in [-0.2, -0.15) is 5.10 Å². The average molecular weight is 468 g/mol. The normalized spacial score (nSPS) is 10.6. The first-order chi connectivity index (χ1) is 14.0. The van der Waals surface area contributed by atoms with Crippen LogP contribution in [0.1, 0.15) is 21.5 Å². The third-order valence-electron chi connectivity index (χ3n) is 3.83. The van der Waals surface area contributed by atoms with Crippen LogP contribution in [0.3, 0.4) is 0 Å². The minimum absolute atomic E-state index is 0.348. The number of esters is 1. The molecule has 3 rings (SSSR count). The average Bonchev–Trinajstić information content (AvgIpc) is 2.70. The summed E-state index contributed by atoms with van der Waals surface area (Å²) in [5, 5.41) is 7.52. The number of halogens is 1. The number of hydrazone groups is 1. The Bertz CT molecular complexity index is 1050. The van der Waals surface area contributed by atoms with Crippen molar-refractivity contribution in [2.45, 2.75) is 6.92 Å². The molecule has 3 aromatic carbocycles. The van der Waals surface area contributed by atoms with Gasteiger partial charge in [0.15, 0.2) is 5.11 Å². The lowest BCUT2D eigenvalue weighted by Crippen LogP contribution is -2.23. The number of hydrogen-bond donors (Lipinski definition) is 2. The third-order valence-corrected chi connectivity index (χ3v) is 4.52. The number of para-hydroxylation sites is 1. The van der Waals surface area contributed by atoms with Gasteiger partial charge in [-0.25, -0.2) is 4.79 Å². The second-order valence-electron chi connectivity index (χ2n) is 6.13. The first-order valence-corrected chi connectivity index (χ1v) is 9.95. The summed E-state index contributed by atoms with van der Waals surface area (Å²) in [6.45, 7) is 1.92. The van der Waals surface area contributed by atoms with Crippen molar-refractivity contribution >= 4 is 51.1 Å². The number of hydrogen-bond acceptors (Lipinski definition) is 4. The molecule has 0 saturated carbocycles. The largest absolute Gasteiger partial charge is 0.422 e. The number of thiocarbonyl (C=S) groups is 1. The van der Waals surface area contributed by atoms with Crippen molar-refractivity contribution in [1.82, 2.24) is 5.43 Å². The molecule has 0 unspecified atom stereocenters. The van der Waals surface area contributed by atoms with Gasteiger partial charge in [0.05, 0.1) is 11.8 Å². The van der Waals surface area contributed by atoms with Crippen molar-refractivity contribution in [3.63, 3.8) is 0 Å². The van der Waals surface area contributed by atoms with Crippen molar-refractivity contribution in [3.05, 3.63) is 94.0 Å². The van der Waals surface area contributed by atoms with Crippen LogP contribution in [0.5, 0.6) is 5.75 Å². The van der Waals surface area contributed by atoms with Crippen LogP contribution in [-0.4, -0.2) is 17.3 Å². The zero-order valence-corrected chi connectivity index (χ0v) is 18.0. The van der Waals surface area contributed by atoms with E-state index in [1.54, 1.807) is 36.5 Å². The van der Waals surface area contributed by atoms with Crippen molar-refractivity contribution in [2.24, 2.45) is 5.10 Å². The Labute approximate surface area is 182 Å². The highest BCUT2D eigenvalue weighted by atomic mass is 79.9. The monoisotopic (exact) mass is 467 g/mol. The minimum atomic E-state index is -0.431. The van der Waals surface area contributed by atoms with E-state index in [1.807, 2.05) is 49.4 Å². The van der Waals surface area contributed by atoms with E-state index < -0.39 is 5.97 Å². The van der Waals surface area contributed by atoms with Crippen LogP contribution in [-0.2, 0) is 0 Å². The molecule has 0 heterocycles. The molecule has 0 radical (unpaired) electrons. The molecule has 29 heavy (non-hydrogen) atoms. The van der Waals surface area contributed by atoms with Crippen molar-refractivity contribution < 1.29 is 9.53 Å². The molecule has 2 N–H and O–H groups in total. The summed E-state index contributed by atoms with van der Waals surface area (Å²) in [6.07, 6.45) is 1.54. The molecule has 0 aliphatic carbocycles. The number of benzene rings is 3. The van der Waals surface area contributed by atoms with Crippen LogP contribution in [0.4, 0.5) is 5.69 Å². The van der Waals surface area contributed by atoms with Crippen molar-refractivity contribution in [1.29, 1.82) is 0 Å². The Balaban J connectivity index is 1.69. The Morgan fingerprint density at radius 3 is 2.62 bits per heavy atom. The highest BCUT2D eigenvalue weighted by molar-refractivity contribution is 9.10. The molecule has 0 spiro atoms. The molecule has 0 saturated heterocycles. The van der Waals surface area contributed by atoms with Gasteiger partial charge in [-0.15, -0.1) is 0 Å².